The van der Waals surface area contributed by atoms with E-state index in [2.05, 4.69) is 19.2 Å². The maximum atomic E-state index is 13.3. The highest BCUT2D eigenvalue weighted by Gasteiger charge is 2.41. The van der Waals surface area contributed by atoms with Gasteiger partial charge in [0.15, 0.2) is 0 Å². The molecule has 0 unspecified atom stereocenters. The highest BCUT2D eigenvalue weighted by atomic mass is 32.1. The molecule has 4 nitrogen and oxygen atoms in total. The number of anilines is 2. The summed E-state index contributed by atoms with van der Waals surface area (Å²) in [4.78, 5) is 28.7. The van der Waals surface area contributed by atoms with Crippen LogP contribution >= 0.6 is 11.3 Å². The molecule has 1 aromatic heterocycles. The molecule has 2 aromatic carbocycles. The number of amides is 2. The molecule has 0 aliphatic carbocycles. The van der Waals surface area contributed by atoms with Crippen molar-refractivity contribution in [2.24, 2.45) is 0 Å². The summed E-state index contributed by atoms with van der Waals surface area (Å²) >= 11 is 1.45. The second-order valence-corrected chi connectivity index (χ2v) is 8.31. The number of hydrogen-bond acceptors (Lipinski definition) is 4. The normalized spacial score (nSPS) is 14.3. The number of benzene rings is 2. The standard InChI is InChI=1S/C24H22N2O2S/c1-15(2)17-10-12-18(13-11-17)25-22-21(20-9-6-14-29-20)23(27)26(24(22)28)19-8-5-4-7-16(19)3/h4-15,25H,1-3H3. The van der Waals surface area contributed by atoms with Crippen LogP contribution < -0.4 is 10.2 Å². The number of carbonyl (C=O) groups is 2. The third kappa shape index (κ3) is 3.49. The molecule has 0 atom stereocenters. The van der Waals surface area contributed by atoms with Gasteiger partial charge in [0.1, 0.15) is 5.70 Å². The Hall–Kier alpha value is -3.18. The van der Waals surface area contributed by atoms with Gasteiger partial charge in [-0.25, -0.2) is 4.90 Å². The van der Waals surface area contributed by atoms with Gasteiger partial charge in [-0.15, -0.1) is 11.3 Å². The van der Waals surface area contributed by atoms with Gasteiger partial charge in [0.05, 0.1) is 11.3 Å². The van der Waals surface area contributed by atoms with Crippen molar-refractivity contribution in [1.82, 2.24) is 0 Å². The molecule has 0 fully saturated rings. The number of nitrogens with one attached hydrogen (secondary N) is 1. The first-order chi connectivity index (χ1) is 14.0. The van der Waals surface area contributed by atoms with Crippen LogP contribution in [0, 0.1) is 6.92 Å². The minimum atomic E-state index is -0.333. The molecule has 1 N–H and O–H groups in total. The summed E-state index contributed by atoms with van der Waals surface area (Å²) in [6, 6.07) is 19.2. The molecule has 0 saturated heterocycles. The zero-order valence-electron chi connectivity index (χ0n) is 16.6. The summed E-state index contributed by atoms with van der Waals surface area (Å²) in [7, 11) is 0. The molecule has 3 aromatic rings. The molecule has 2 heterocycles. The van der Waals surface area contributed by atoms with Gasteiger partial charge in [-0.1, -0.05) is 50.2 Å². The maximum absolute atomic E-state index is 13.3. The minimum Gasteiger partial charge on any atom is -0.350 e. The lowest BCUT2D eigenvalue weighted by Gasteiger charge is -2.17. The quantitative estimate of drug-likeness (QED) is 0.567. The van der Waals surface area contributed by atoms with Crippen molar-refractivity contribution in [3.05, 3.63) is 87.7 Å². The Kier molecular flexibility index (Phi) is 5.07. The molecule has 4 rings (SSSR count). The van der Waals surface area contributed by atoms with Gasteiger partial charge < -0.3 is 5.32 Å². The molecule has 0 spiro atoms. The van der Waals surface area contributed by atoms with E-state index in [0.717, 1.165) is 16.1 Å². The van der Waals surface area contributed by atoms with Crippen LogP contribution in [0.3, 0.4) is 0 Å². The molecule has 146 valence electrons. The zero-order chi connectivity index (χ0) is 20.5. The first-order valence-electron chi connectivity index (χ1n) is 9.57. The van der Waals surface area contributed by atoms with Crippen molar-refractivity contribution in [3.8, 4) is 0 Å². The van der Waals surface area contributed by atoms with Crippen molar-refractivity contribution >= 4 is 40.1 Å². The molecular weight excluding hydrogens is 380 g/mol. The van der Waals surface area contributed by atoms with E-state index in [0.29, 0.717) is 22.9 Å². The van der Waals surface area contributed by atoms with Crippen LogP contribution in [0.5, 0.6) is 0 Å². The lowest BCUT2D eigenvalue weighted by molar-refractivity contribution is -0.120. The second kappa shape index (κ2) is 7.68. The van der Waals surface area contributed by atoms with Crippen molar-refractivity contribution < 1.29 is 9.59 Å². The predicted octanol–water partition coefficient (Wildman–Crippen LogP) is 5.58. The minimum absolute atomic E-state index is 0.298. The molecule has 5 heteroatoms. The first-order valence-corrected chi connectivity index (χ1v) is 10.4. The van der Waals surface area contributed by atoms with E-state index >= 15 is 0 Å². The van der Waals surface area contributed by atoms with E-state index in [4.69, 9.17) is 0 Å². The summed E-state index contributed by atoms with van der Waals surface area (Å²) in [5.74, 6) is -0.204. The van der Waals surface area contributed by atoms with E-state index in [9.17, 15) is 9.59 Å². The van der Waals surface area contributed by atoms with Crippen molar-refractivity contribution in [3.63, 3.8) is 0 Å². The second-order valence-electron chi connectivity index (χ2n) is 7.36. The fourth-order valence-electron chi connectivity index (χ4n) is 3.42. The van der Waals surface area contributed by atoms with Crippen LogP contribution in [0.15, 0.2) is 71.7 Å². The average Bonchev–Trinajstić information content (AvgIpc) is 3.30. The molecule has 29 heavy (non-hydrogen) atoms. The number of hydrogen-bond donors (Lipinski definition) is 1. The lowest BCUT2D eigenvalue weighted by atomic mass is 10.0. The molecule has 1 aliphatic heterocycles. The molecule has 2 amide bonds. The van der Waals surface area contributed by atoms with E-state index in [-0.39, 0.29) is 11.8 Å². The van der Waals surface area contributed by atoms with Crippen LogP contribution in [-0.2, 0) is 9.59 Å². The third-order valence-corrected chi connectivity index (χ3v) is 5.94. The number of nitrogens with zero attached hydrogens (tertiary/aromatic N) is 1. The van der Waals surface area contributed by atoms with Gasteiger partial charge in [0, 0.05) is 10.6 Å². The van der Waals surface area contributed by atoms with Gasteiger partial charge in [0.25, 0.3) is 11.8 Å². The Morgan fingerprint density at radius 3 is 2.24 bits per heavy atom. The van der Waals surface area contributed by atoms with Crippen molar-refractivity contribution in [2.45, 2.75) is 26.7 Å². The number of carbonyl (C=O) groups excluding carboxylic acids is 2. The Labute approximate surface area is 174 Å². The third-order valence-electron chi connectivity index (χ3n) is 5.05. The monoisotopic (exact) mass is 402 g/mol. The highest BCUT2D eigenvalue weighted by Crippen LogP contribution is 2.36. The molecular formula is C24H22N2O2S. The van der Waals surface area contributed by atoms with Gasteiger partial charge in [-0.2, -0.15) is 0 Å². The highest BCUT2D eigenvalue weighted by molar-refractivity contribution is 7.11. The summed E-state index contributed by atoms with van der Waals surface area (Å²) in [5.41, 5.74) is 4.23. The number of thiophene rings is 1. The van der Waals surface area contributed by atoms with Crippen LogP contribution in [0.4, 0.5) is 11.4 Å². The number of aryl methyl sites for hydroxylation is 1. The van der Waals surface area contributed by atoms with Crippen LogP contribution in [0.25, 0.3) is 5.57 Å². The van der Waals surface area contributed by atoms with E-state index in [1.165, 1.54) is 21.8 Å². The molecule has 1 aliphatic rings. The zero-order valence-corrected chi connectivity index (χ0v) is 17.4. The van der Waals surface area contributed by atoms with E-state index in [1.807, 2.05) is 66.9 Å². The Morgan fingerprint density at radius 1 is 0.897 bits per heavy atom. The summed E-state index contributed by atoms with van der Waals surface area (Å²) in [5, 5.41) is 5.13. The molecule has 0 saturated carbocycles. The van der Waals surface area contributed by atoms with Gasteiger partial charge in [-0.05, 0) is 53.6 Å². The molecule has 0 radical (unpaired) electrons. The van der Waals surface area contributed by atoms with E-state index in [1.54, 1.807) is 6.07 Å². The molecule has 0 bridgehead atoms. The smallest absolute Gasteiger partial charge is 0.282 e. The van der Waals surface area contributed by atoms with Crippen LogP contribution in [-0.4, -0.2) is 11.8 Å². The summed E-state index contributed by atoms with van der Waals surface area (Å²) < 4.78 is 0. The Morgan fingerprint density at radius 2 is 1.62 bits per heavy atom. The van der Waals surface area contributed by atoms with E-state index < -0.39 is 0 Å². The summed E-state index contributed by atoms with van der Waals surface area (Å²) in [6.45, 7) is 6.18. The SMILES string of the molecule is Cc1ccccc1N1C(=O)C(Nc2ccc(C(C)C)cc2)=C(c2cccs2)C1=O. The van der Waals surface area contributed by atoms with Crippen LogP contribution in [0.1, 0.15) is 35.8 Å². The summed E-state index contributed by atoms with van der Waals surface area (Å²) in [6.07, 6.45) is 0. The average molecular weight is 403 g/mol. The first kappa shape index (κ1) is 19.2. The topological polar surface area (TPSA) is 49.4 Å². The largest absolute Gasteiger partial charge is 0.350 e. The maximum Gasteiger partial charge on any atom is 0.282 e. The predicted molar refractivity (Wildman–Crippen MR) is 119 cm³/mol. The van der Waals surface area contributed by atoms with Gasteiger partial charge >= 0.3 is 0 Å². The van der Waals surface area contributed by atoms with Crippen LogP contribution in [0.2, 0.25) is 0 Å². The number of para-hydroxylation sites is 1. The fraction of sp³-hybridized carbons (Fsp3) is 0.167. The Bertz CT molecular complexity index is 1100. The number of rotatable bonds is 5. The lowest BCUT2D eigenvalue weighted by Crippen LogP contribution is -2.32. The number of imide groups is 1. The van der Waals surface area contributed by atoms with Gasteiger partial charge in [-0.3, -0.25) is 9.59 Å². The van der Waals surface area contributed by atoms with Crippen molar-refractivity contribution in [1.29, 1.82) is 0 Å². The van der Waals surface area contributed by atoms with Crippen molar-refractivity contribution in [2.75, 3.05) is 10.2 Å². The fourth-order valence-corrected chi connectivity index (χ4v) is 4.19. The van der Waals surface area contributed by atoms with Gasteiger partial charge in [0.2, 0.25) is 0 Å². The Balaban J connectivity index is 1.76.